The van der Waals surface area contributed by atoms with Gasteiger partial charge in [-0.3, -0.25) is 4.79 Å². The lowest BCUT2D eigenvalue weighted by molar-refractivity contribution is -0.114. The van der Waals surface area contributed by atoms with E-state index in [2.05, 4.69) is 20.2 Å². The van der Waals surface area contributed by atoms with E-state index in [1.165, 1.54) is 6.92 Å². The second-order valence-electron chi connectivity index (χ2n) is 5.06. The molecule has 7 nitrogen and oxygen atoms in total. The van der Waals surface area contributed by atoms with E-state index in [9.17, 15) is 13.2 Å². The van der Waals surface area contributed by atoms with Crippen LogP contribution >= 0.6 is 11.3 Å². The molecule has 0 aliphatic rings. The number of amides is 1. The molecule has 0 saturated heterocycles. The smallest absolute Gasteiger partial charge is 0.270 e. The average molecular weight is 362 g/mol. The first-order valence-corrected chi connectivity index (χ1v) is 9.32. The maximum atomic E-state index is 12.3. The highest BCUT2D eigenvalue weighted by Gasteiger charge is 2.20. The lowest BCUT2D eigenvalue weighted by Gasteiger charge is -2.05. The van der Waals surface area contributed by atoms with Gasteiger partial charge < -0.3 is 5.32 Å². The van der Waals surface area contributed by atoms with Crippen LogP contribution in [-0.4, -0.2) is 24.5 Å². The number of carbonyl (C=O) groups is 1. The summed E-state index contributed by atoms with van der Waals surface area (Å²) in [5, 5.41) is 11.9. The highest BCUT2D eigenvalue weighted by Crippen LogP contribution is 2.20. The first-order chi connectivity index (χ1) is 11.4. The van der Waals surface area contributed by atoms with Crippen molar-refractivity contribution in [3.63, 3.8) is 0 Å². The Morgan fingerprint density at radius 3 is 2.62 bits per heavy atom. The van der Waals surface area contributed by atoms with Gasteiger partial charge in [-0.2, -0.15) is 0 Å². The summed E-state index contributed by atoms with van der Waals surface area (Å²) in [7, 11) is -3.78. The number of nitrogens with zero attached hydrogens (tertiary/aromatic N) is 2. The van der Waals surface area contributed by atoms with Crippen molar-refractivity contribution in [3.8, 4) is 0 Å². The predicted molar refractivity (Wildman–Crippen MR) is 92.2 cm³/mol. The van der Waals surface area contributed by atoms with E-state index in [1.54, 1.807) is 0 Å². The number of anilines is 1. The van der Waals surface area contributed by atoms with E-state index >= 15 is 0 Å². The fourth-order valence-corrected chi connectivity index (χ4v) is 4.11. The van der Waals surface area contributed by atoms with Gasteiger partial charge in [-0.15, -0.1) is 10.2 Å². The highest BCUT2D eigenvalue weighted by atomic mass is 32.2. The molecule has 0 radical (unpaired) electrons. The molecule has 124 valence electrons. The fourth-order valence-electron chi connectivity index (χ4n) is 2.11. The van der Waals surface area contributed by atoms with Crippen LogP contribution in [0.15, 0.2) is 46.8 Å². The number of fused-ring (bicyclic) bond motifs is 1. The minimum Gasteiger partial charge on any atom is -0.301 e. The summed E-state index contributed by atoms with van der Waals surface area (Å²) >= 11 is 0.801. The number of carbonyl (C=O) groups excluding carboxylic acids is 1. The molecule has 2 N–H and O–H groups in total. The maximum absolute atomic E-state index is 12.3. The SMILES string of the molecule is CC(=O)Nc1nnc(S(=O)(=O)NCc2ccc3ccccc3c2)s1. The summed E-state index contributed by atoms with van der Waals surface area (Å²) in [4.78, 5) is 11.0. The van der Waals surface area contributed by atoms with Gasteiger partial charge >= 0.3 is 0 Å². The molecule has 1 amide bonds. The quantitative estimate of drug-likeness (QED) is 0.677. The molecule has 9 heteroatoms. The summed E-state index contributed by atoms with van der Waals surface area (Å²) in [5.74, 6) is -0.334. The summed E-state index contributed by atoms with van der Waals surface area (Å²) in [5.41, 5.74) is 0.837. The van der Waals surface area contributed by atoms with Crippen molar-refractivity contribution < 1.29 is 13.2 Å². The number of benzene rings is 2. The first-order valence-electron chi connectivity index (χ1n) is 7.02. The van der Waals surface area contributed by atoms with Crippen LogP contribution < -0.4 is 10.0 Å². The molecule has 1 aromatic heterocycles. The molecule has 0 saturated carbocycles. The Balaban J connectivity index is 1.74. The molecule has 0 aliphatic heterocycles. The third-order valence-electron chi connectivity index (χ3n) is 3.20. The normalized spacial score (nSPS) is 11.5. The Hall–Kier alpha value is -2.36. The van der Waals surface area contributed by atoms with Crippen LogP contribution in [0.3, 0.4) is 0 Å². The van der Waals surface area contributed by atoms with Crippen LogP contribution in [0.5, 0.6) is 0 Å². The third-order valence-corrected chi connectivity index (χ3v) is 5.81. The molecule has 0 atom stereocenters. The van der Waals surface area contributed by atoms with Gasteiger partial charge in [-0.25, -0.2) is 13.1 Å². The molecule has 0 aliphatic carbocycles. The molecule has 3 aromatic rings. The average Bonchev–Trinajstić information content (AvgIpc) is 3.01. The fraction of sp³-hybridized carbons (Fsp3) is 0.133. The molecule has 0 fully saturated rings. The zero-order valence-corrected chi connectivity index (χ0v) is 14.3. The Bertz CT molecular complexity index is 999. The van der Waals surface area contributed by atoms with Crippen molar-refractivity contribution in [2.45, 2.75) is 17.8 Å². The van der Waals surface area contributed by atoms with E-state index in [1.807, 2.05) is 42.5 Å². The van der Waals surface area contributed by atoms with Crippen LogP contribution in [-0.2, 0) is 21.4 Å². The van der Waals surface area contributed by atoms with Crippen LogP contribution in [0.4, 0.5) is 5.13 Å². The van der Waals surface area contributed by atoms with Crippen LogP contribution in [0.1, 0.15) is 12.5 Å². The lowest BCUT2D eigenvalue weighted by Crippen LogP contribution is -2.23. The summed E-state index contributed by atoms with van der Waals surface area (Å²) in [6.07, 6.45) is 0. The number of nitrogens with one attached hydrogen (secondary N) is 2. The second kappa shape index (κ2) is 6.63. The Labute approximate surface area is 142 Å². The first kappa shape index (κ1) is 16.5. The van der Waals surface area contributed by atoms with E-state index < -0.39 is 10.0 Å². The van der Waals surface area contributed by atoms with Crippen molar-refractivity contribution >= 4 is 43.2 Å². The molecule has 0 bridgehead atoms. The van der Waals surface area contributed by atoms with Gasteiger partial charge in [-0.05, 0) is 22.4 Å². The predicted octanol–water partition coefficient (Wildman–Crippen LogP) is 2.13. The molecule has 1 heterocycles. The van der Waals surface area contributed by atoms with Crippen LogP contribution in [0.25, 0.3) is 10.8 Å². The number of hydrogen-bond acceptors (Lipinski definition) is 6. The van der Waals surface area contributed by atoms with Gasteiger partial charge in [0.25, 0.3) is 10.0 Å². The van der Waals surface area contributed by atoms with Crippen molar-refractivity contribution in [1.29, 1.82) is 0 Å². The van der Waals surface area contributed by atoms with Crippen molar-refractivity contribution in [1.82, 2.24) is 14.9 Å². The molecule has 0 unspecified atom stereocenters. The number of sulfonamides is 1. The van der Waals surface area contributed by atoms with Crippen molar-refractivity contribution in [2.24, 2.45) is 0 Å². The lowest BCUT2D eigenvalue weighted by atomic mass is 10.1. The molecular weight excluding hydrogens is 348 g/mol. The van der Waals surface area contributed by atoms with Crippen molar-refractivity contribution in [2.75, 3.05) is 5.32 Å². The molecular formula is C15H14N4O3S2. The van der Waals surface area contributed by atoms with Gasteiger partial charge in [0.2, 0.25) is 15.4 Å². The minimum atomic E-state index is -3.78. The summed E-state index contributed by atoms with van der Waals surface area (Å²) in [6.45, 7) is 1.45. The van der Waals surface area contributed by atoms with E-state index in [0.717, 1.165) is 27.7 Å². The van der Waals surface area contributed by atoms with E-state index in [0.29, 0.717) is 0 Å². The standard InChI is InChI=1S/C15H14N4O3S2/c1-10(20)17-14-18-19-15(23-14)24(21,22)16-9-11-6-7-12-4-2-3-5-13(12)8-11/h2-8,16H,9H2,1H3,(H,17,18,20). The summed E-state index contributed by atoms with van der Waals surface area (Å²) < 4.78 is 26.8. The van der Waals surface area contributed by atoms with Crippen molar-refractivity contribution in [3.05, 3.63) is 48.0 Å². The molecule has 3 rings (SSSR count). The second-order valence-corrected chi connectivity index (χ2v) is 7.98. The highest BCUT2D eigenvalue weighted by molar-refractivity contribution is 7.91. The van der Waals surface area contributed by atoms with E-state index in [-0.39, 0.29) is 21.9 Å². The zero-order valence-electron chi connectivity index (χ0n) is 12.7. The monoisotopic (exact) mass is 362 g/mol. The van der Waals surface area contributed by atoms with Gasteiger partial charge in [0.15, 0.2) is 0 Å². The summed E-state index contributed by atoms with van der Waals surface area (Å²) in [6, 6.07) is 13.6. The van der Waals surface area contributed by atoms with Gasteiger partial charge in [-0.1, -0.05) is 47.7 Å². The topological polar surface area (TPSA) is 101 Å². The maximum Gasteiger partial charge on any atom is 0.270 e. The van der Waals surface area contributed by atoms with Gasteiger partial charge in [0.05, 0.1) is 0 Å². The zero-order chi connectivity index (χ0) is 17.2. The van der Waals surface area contributed by atoms with Crippen LogP contribution in [0.2, 0.25) is 0 Å². The Morgan fingerprint density at radius 1 is 1.12 bits per heavy atom. The van der Waals surface area contributed by atoms with Gasteiger partial charge in [0, 0.05) is 13.5 Å². The van der Waals surface area contributed by atoms with Crippen LogP contribution in [0, 0.1) is 0 Å². The van der Waals surface area contributed by atoms with Gasteiger partial charge in [0.1, 0.15) is 0 Å². The van der Waals surface area contributed by atoms with E-state index in [4.69, 9.17) is 0 Å². The largest absolute Gasteiger partial charge is 0.301 e. The number of hydrogen-bond donors (Lipinski definition) is 2. The third kappa shape index (κ3) is 3.75. The minimum absolute atomic E-state index is 0.141. The Morgan fingerprint density at radius 2 is 1.88 bits per heavy atom. The molecule has 2 aromatic carbocycles. The molecule has 0 spiro atoms. The Kier molecular flexibility index (Phi) is 4.56. The molecule has 24 heavy (non-hydrogen) atoms. The number of aromatic nitrogens is 2. The number of rotatable bonds is 5.